The number of amides is 2. The first-order valence-corrected chi connectivity index (χ1v) is 8.71. The summed E-state index contributed by atoms with van der Waals surface area (Å²) in [5.74, 6) is -0.233. The van der Waals surface area contributed by atoms with Gasteiger partial charge in [-0.05, 0) is 50.3 Å². The highest BCUT2D eigenvalue weighted by Crippen LogP contribution is 2.33. The Hall–Kier alpha value is -2.24. The van der Waals surface area contributed by atoms with Crippen LogP contribution in [-0.2, 0) is 16.0 Å². The Bertz CT molecular complexity index is 638. The number of primary amides is 1. The third-order valence-electron chi connectivity index (χ3n) is 5.36. The summed E-state index contributed by atoms with van der Waals surface area (Å²) in [5, 5.41) is 0. The van der Waals surface area contributed by atoms with Gasteiger partial charge in [-0.1, -0.05) is 6.07 Å². The van der Waals surface area contributed by atoms with Crippen LogP contribution in [0.4, 0.5) is 11.4 Å². The van der Waals surface area contributed by atoms with Crippen molar-refractivity contribution in [1.29, 1.82) is 0 Å². The minimum Gasteiger partial charge on any atom is -0.398 e. The summed E-state index contributed by atoms with van der Waals surface area (Å²) >= 11 is 0. The monoisotopic (exact) mass is 330 g/mol. The van der Waals surface area contributed by atoms with Crippen molar-refractivity contribution in [1.82, 2.24) is 4.90 Å². The molecule has 6 heteroatoms. The van der Waals surface area contributed by atoms with Crippen molar-refractivity contribution in [3.8, 4) is 0 Å². The summed E-state index contributed by atoms with van der Waals surface area (Å²) in [7, 11) is 0. The number of hydrogen-bond acceptors (Lipinski definition) is 4. The largest absolute Gasteiger partial charge is 0.398 e. The number of hydrogen-bond donors (Lipinski definition) is 2. The van der Waals surface area contributed by atoms with Crippen molar-refractivity contribution < 1.29 is 9.59 Å². The van der Waals surface area contributed by atoms with Crippen molar-refractivity contribution in [2.45, 2.75) is 38.6 Å². The van der Waals surface area contributed by atoms with Gasteiger partial charge in [0.05, 0.1) is 0 Å². The van der Waals surface area contributed by atoms with Gasteiger partial charge >= 0.3 is 0 Å². The Morgan fingerprint density at radius 1 is 1.21 bits per heavy atom. The fourth-order valence-electron chi connectivity index (χ4n) is 3.86. The number of nitrogens with two attached hydrogens (primary N) is 2. The number of likely N-dealkylation sites (tertiary alicyclic amines) is 1. The number of carbonyl (C=O) groups excluding carboxylic acids is 2. The summed E-state index contributed by atoms with van der Waals surface area (Å²) in [6.45, 7) is 4.03. The molecule has 0 aliphatic carbocycles. The Kier molecular flexibility index (Phi) is 4.64. The molecule has 2 heterocycles. The molecule has 4 N–H and O–H groups in total. The summed E-state index contributed by atoms with van der Waals surface area (Å²) < 4.78 is 0. The van der Waals surface area contributed by atoms with Crippen molar-refractivity contribution in [2.24, 2.45) is 11.7 Å². The normalized spacial score (nSPS) is 19.7. The quantitative estimate of drug-likeness (QED) is 0.813. The number of anilines is 2. The molecule has 0 bridgehead atoms. The first kappa shape index (κ1) is 16.6. The highest BCUT2D eigenvalue weighted by Gasteiger charge is 2.32. The lowest BCUT2D eigenvalue weighted by molar-refractivity contribution is -0.135. The number of nitrogen functional groups attached to an aromatic ring is 1. The molecule has 0 spiro atoms. The van der Waals surface area contributed by atoms with Gasteiger partial charge in [0.15, 0.2) is 0 Å². The molecule has 1 unspecified atom stereocenters. The average molecular weight is 330 g/mol. The molecule has 1 fully saturated rings. The fraction of sp³-hybridized carbons (Fsp3) is 0.556. The first-order chi connectivity index (χ1) is 11.5. The molecule has 2 aliphatic heterocycles. The molecular weight excluding hydrogens is 304 g/mol. The van der Waals surface area contributed by atoms with Crippen LogP contribution in [0.1, 0.15) is 31.7 Å². The predicted molar refractivity (Wildman–Crippen MR) is 94.5 cm³/mol. The van der Waals surface area contributed by atoms with E-state index in [9.17, 15) is 9.59 Å². The summed E-state index contributed by atoms with van der Waals surface area (Å²) in [6, 6.07) is 5.69. The predicted octanol–water partition coefficient (Wildman–Crippen LogP) is 1.13. The standard InChI is InChI=1S/C18H26N4O2/c1-12(18(24)21-10-7-13(8-11-21)17(20)23)22-9-3-4-14-15(19)5-2-6-16(14)22/h2,5-6,12-13H,3-4,7-11,19H2,1H3,(H2,20,23). The lowest BCUT2D eigenvalue weighted by atomic mass is 9.95. The first-order valence-electron chi connectivity index (χ1n) is 8.71. The van der Waals surface area contributed by atoms with Gasteiger partial charge in [0.2, 0.25) is 11.8 Å². The van der Waals surface area contributed by atoms with Gasteiger partial charge in [0, 0.05) is 36.9 Å². The minimum absolute atomic E-state index is 0.0973. The van der Waals surface area contributed by atoms with Crippen LogP contribution in [0.15, 0.2) is 18.2 Å². The summed E-state index contributed by atoms with van der Waals surface area (Å²) in [6.07, 6.45) is 3.29. The van der Waals surface area contributed by atoms with Gasteiger partial charge in [-0.3, -0.25) is 9.59 Å². The van der Waals surface area contributed by atoms with E-state index in [0.29, 0.717) is 25.9 Å². The molecule has 6 nitrogen and oxygen atoms in total. The van der Waals surface area contributed by atoms with Crippen LogP contribution in [0.5, 0.6) is 0 Å². The van der Waals surface area contributed by atoms with Gasteiger partial charge in [0.25, 0.3) is 0 Å². The number of nitrogens with zero attached hydrogens (tertiary/aromatic N) is 2. The van der Waals surface area contributed by atoms with E-state index < -0.39 is 0 Å². The lowest BCUT2D eigenvalue weighted by Gasteiger charge is -2.39. The number of rotatable bonds is 3. The van der Waals surface area contributed by atoms with Gasteiger partial charge in [-0.2, -0.15) is 0 Å². The van der Waals surface area contributed by atoms with E-state index in [2.05, 4.69) is 4.90 Å². The van der Waals surface area contributed by atoms with E-state index in [-0.39, 0.29) is 23.8 Å². The van der Waals surface area contributed by atoms with E-state index in [4.69, 9.17) is 11.5 Å². The zero-order valence-corrected chi connectivity index (χ0v) is 14.2. The van der Waals surface area contributed by atoms with E-state index >= 15 is 0 Å². The Morgan fingerprint density at radius 3 is 2.58 bits per heavy atom. The maximum atomic E-state index is 12.9. The smallest absolute Gasteiger partial charge is 0.244 e. The molecule has 24 heavy (non-hydrogen) atoms. The Balaban J connectivity index is 1.72. The van der Waals surface area contributed by atoms with Crippen LogP contribution in [0, 0.1) is 5.92 Å². The maximum Gasteiger partial charge on any atom is 0.244 e. The van der Waals surface area contributed by atoms with Gasteiger partial charge < -0.3 is 21.3 Å². The second-order valence-corrected chi connectivity index (χ2v) is 6.82. The van der Waals surface area contributed by atoms with Crippen LogP contribution in [0.2, 0.25) is 0 Å². The molecule has 0 saturated carbocycles. The molecule has 0 aromatic heterocycles. The van der Waals surface area contributed by atoms with Crippen LogP contribution < -0.4 is 16.4 Å². The summed E-state index contributed by atoms with van der Waals surface area (Å²) in [4.78, 5) is 28.2. The van der Waals surface area contributed by atoms with Crippen LogP contribution in [0.25, 0.3) is 0 Å². The van der Waals surface area contributed by atoms with E-state index in [1.165, 1.54) is 0 Å². The van der Waals surface area contributed by atoms with E-state index in [0.717, 1.165) is 36.3 Å². The summed E-state index contributed by atoms with van der Waals surface area (Å²) in [5.41, 5.74) is 14.5. The number of fused-ring (bicyclic) bond motifs is 1. The van der Waals surface area contributed by atoms with Crippen LogP contribution >= 0.6 is 0 Å². The van der Waals surface area contributed by atoms with Crippen molar-refractivity contribution in [2.75, 3.05) is 30.3 Å². The zero-order valence-electron chi connectivity index (χ0n) is 14.2. The maximum absolute atomic E-state index is 12.9. The molecule has 1 aromatic carbocycles. The van der Waals surface area contributed by atoms with Crippen molar-refractivity contribution in [3.63, 3.8) is 0 Å². The third-order valence-corrected chi connectivity index (χ3v) is 5.36. The molecule has 1 aromatic rings. The molecule has 2 amide bonds. The minimum atomic E-state index is -0.254. The topological polar surface area (TPSA) is 92.7 Å². The second-order valence-electron chi connectivity index (χ2n) is 6.82. The molecular formula is C18H26N4O2. The number of benzene rings is 1. The molecule has 2 aliphatic rings. The van der Waals surface area contributed by atoms with Gasteiger partial charge in [0.1, 0.15) is 6.04 Å². The number of piperidine rings is 1. The van der Waals surface area contributed by atoms with E-state index in [1.54, 1.807) is 0 Å². The molecule has 1 saturated heterocycles. The van der Waals surface area contributed by atoms with Gasteiger partial charge in [-0.25, -0.2) is 0 Å². The Labute approximate surface area is 142 Å². The molecule has 0 radical (unpaired) electrons. The number of carbonyl (C=O) groups is 2. The molecule has 3 rings (SSSR count). The fourth-order valence-corrected chi connectivity index (χ4v) is 3.86. The van der Waals surface area contributed by atoms with Crippen LogP contribution in [0.3, 0.4) is 0 Å². The molecule has 130 valence electrons. The molecule has 1 atom stereocenters. The average Bonchev–Trinajstić information content (AvgIpc) is 2.60. The SMILES string of the molecule is CC(C(=O)N1CCC(C(N)=O)CC1)N1CCCc2c(N)cccc21. The van der Waals surface area contributed by atoms with Crippen molar-refractivity contribution in [3.05, 3.63) is 23.8 Å². The van der Waals surface area contributed by atoms with Crippen molar-refractivity contribution >= 4 is 23.2 Å². The highest BCUT2D eigenvalue weighted by atomic mass is 16.2. The van der Waals surface area contributed by atoms with Crippen LogP contribution in [-0.4, -0.2) is 42.4 Å². The third kappa shape index (κ3) is 3.05. The Morgan fingerprint density at radius 2 is 1.92 bits per heavy atom. The van der Waals surface area contributed by atoms with E-state index in [1.807, 2.05) is 30.0 Å². The van der Waals surface area contributed by atoms with Gasteiger partial charge in [-0.15, -0.1) is 0 Å². The highest BCUT2D eigenvalue weighted by molar-refractivity contribution is 5.86. The second kappa shape index (κ2) is 6.71. The zero-order chi connectivity index (χ0) is 17.3. The lowest BCUT2D eigenvalue weighted by Crippen LogP contribution is -2.51.